The highest BCUT2D eigenvalue weighted by Gasteiger charge is 2.14. The quantitative estimate of drug-likeness (QED) is 0.646. The molecule has 4 heteroatoms. The summed E-state index contributed by atoms with van der Waals surface area (Å²) in [6.45, 7) is 0.960. The van der Waals surface area contributed by atoms with Crippen molar-refractivity contribution in [1.29, 1.82) is 0 Å². The highest BCUT2D eigenvalue weighted by atomic mass is 16.5. The predicted molar refractivity (Wildman–Crippen MR) is 77.3 cm³/mol. The second-order valence-corrected chi connectivity index (χ2v) is 5.18. The zero-order valence-corrected chi connectivity index (χ0v) is 11.4. The van der Waals surface area contributed by atoms with E-state index < -0.39 is 0 Å². The van der Waals surface area contributed by atoms with E-state index in [1.807, 2.05) is 6.07 Å². The third-order valence-electron chi connectivity index (χ3n) is 3.78. The Morgan fingerprint density at radius 1 is 1.37 bits per heavy atom. The maximum Gasteiger partial charge on any atom is 0.337 e. The van der Waals surface area contributed by atoms with Crippen LogP contribution in [0.1, 0.15) is 42.5 Å². The van der Waals surface area contributed by atoms with Crippen molar-refractivity contribution in [2.45, 2.75) is 32.1 Å². The van der Waals surface area contributed by atoms with Crippen molar-refractivity contribution in [2.75, 3.05) is 24.7 Å². The molecule has 0 aliphatic heterocycles. The van der Waals surface area contributed by atoms with Crippen LogP contribution in [0.15, 0.2) is 18.2 Å². The lowest BCUT2D eigenvalue weighted by atomic mass is 9.89. The van der Waals surface area contributed by atoms with Gasteiger partial charge < -0.3 is 15.8 Å². The Morgan fingerprint density at radius 3 is 2.74 bits per heavy atom. The van der Waals surface area contributed by atoms with Crippen LogP contribution >= 0.6 is 0 Å². The van der Waals surface area contributed by atoms with Gasteiger partial charge in [-0.05, 0) is 37.0 Å². The van der Waals surface area contributed by atoms with Crippen LogP contribution in [0.25, 0.3) is 0 Å². The van der Waals surface area contributed by atoms with E-state index in [9.17, 15) is 4.79 Å². The summed E-state index contributed by atoms with van der Waals surface area (Å²) in [5.41, 5.74) is 7.95. The molecule has 4 nitrogen and oxygen atoms in total. The Morgan fingerprint density at radius 2 is 2.11 bits per heavy atom. The van der Waals surface area contributed by atoms with Gasteiger partial charge in [0.05, 0.1) is 24.0 Å². The van der Waals surface area contributed by atoms with Gasteiger partial charge in [0, 0.05) is 6.54 Å². The van der Waals surface area contributed by atoms with Crippen molar-refractivity contribution in [1.82, 2.24) is 0 Å². The Balaban J connectivity index is 1.95. The molecule has 0 bridgehead atoms. The van der Waals surface area contributed by atoms with E-state index in [0.717, 1.165) is 18.2 Å². The van der Waals surface area contributed by atoms with Gasteiger partial charge in [-0.25, -0.2) is 4.79 Å². The number of benzene rings is 1. The van der Waals surface area contributed by atoms with Crippen molar-refractivity contribution in [3.63, 3.8) is 0 Å². The number of nitrogens with two attached hydrogens (primary N) is 1. The molecule has 1 aromatic carbocycles. The molecule has 0 heterocycles. The maximum atomic E-state index is 11.4. The maximum absolute atomic E-state index is 11.4. The number of anilines is 2. The molecule has 104 valence electrons. The molecule has 0 unspecified atom stereocenters. The summed E-state index contributed by atoms with van der Waals surface area (Å²) < 4.78 is 4.67. The molecule has 0 radical (unpaired) electrons. The summed E-state index contributed by atoms with van der Waals surface area (Å²) in [5.74, 6) is 0.388. The normalized spacial score (nSPS) is 16.1. The van der Waals surface area contributed by atoms with Crippen molar-refractivity contribution >= 4 is 17.3 Å². The molecule has 0 aromatic heterocycles. The van der Waals surface area contributed by atoms with E-state index in [4.69, 9.17) is 5.73 Å². The van der Waals surface area contributed by atoms with Crippen molar-refractivity contribution in [3.8, 4) is 0 Å². The van der Waals surface area contributed by atoms with Crippen LogP contribution in [0.5, 0.6) is 0 Å². The molecular weight excluding hydrogens is 240 g/mol. The lowest BCUT2D eigenvalue weighted by molar-refractivity contribution is 0.0601. The minimum Gasteiger partial charge on any atom is -0.465 e. The Labute approximate surface area is 114 Å². The van der Waals surface area contributed by atoms with E-state index in [-0.39, 0.29) is 5.97 Å². The number of esters is 1. The first-order chi connectivity index (χ1) is 9.20. The fourth-order valence-electron chi connectivity index (χ4n) is 2.61. The molecule has 1 aliphatic rings. The summed E-state index contributed by atoms with van der Waals surface area (Å²) in [7, 11) is 1.37. The predicted octanol–water partition coefficient (Wildman–Crippen LogP) is 3.05. The number of nitrogens with one attached hydrogen (secondary N) is 1. The van der Waals surface area contributed by atoms with Gasteiger partial charge in [-0.1, -0.05) is 19.3 Å². The van der Waals surface area contributed by atoms with Crippen LogP contribution < -0.4 is 11.1 Å². The summed E-state index contributed by atoms with van der Waals surface area (Å²) in [4.78, 5) is 11.4. The standard InChI is InChI=1S/C15H22N2O2/c1-19-15(18)12-7-8-14(13(16)9-12)17-10-11-5-3-2-4-6-11/h7-9,11,17H,2-6,10,16H2,1H3. The van der Waals surface area contributed by atoms with Crippen LogP contribution in [0.4, 0.5) is 11.4 Å². The van der Waals surface area contributed by atoms with Crippen LogP contribution in [0, 0.1) is 5.92 Å². The largest absolute Gasteiger partial charge is 0.465 e. The summed E-state index contributed by atoms with van der Waals surface area (Å²) >= 11 is 0. The average Bonchev–Trinajstić information content (AvgIpc) is 2.46. The number of ether oxygens (including phenoxy) is 1. The molecule has 1 fully saturated rings. The lowest BCUT2D eigenvalue weighted by Gasteiger charge is -2.22. The monoisotopic (exact) mass is 262 g/mol. The second kappa shape index (κ2) is 6.45. The molecule has 3 N–H and O–H groups in total. The first kappa shape index (κ1) is 13.7. The number of hydrogen-bond acceptors (Lipinski definition) is 4. The molecule has 1 aromatic rings. The van der Waals surface area contributed by atoms with Gasteiger partial charge in [0.2, 0.25) is 0 Å². The number of carbonyl (C=O) groups excluding carboxylic acids is 1. The van der Waals surface area contributed by atoms with Gasteiger partial charge in [-0.2, -0.15) is 0 Å². The molecule has 0 amide bonds. The number of carbonyl (C=O) groups is 1. The van der Waals surface area contributed by atoms with Gasteiger partial charge in [-0.3, -0.25) is 0 Å². The molecule has 0 saturated heterocycles. The van der Waals surface area contributed by atoms with Crippen LogP contribution in [0.2, 0.25) is 0 Å². The third kappa shape index (κ3) is 3.63. The number of hydrogen-bond donors (Lipinski definition) is 2. The number of methoxy groups -OCH3 is 1. The third-order valence-corrected chi connectivity index (χ3v) is 3.78. The lowest BCUT2D eigenvalue weighted by Crippen LogP contribution is -2.17. The molecule has 1 aliphatic carbocycles. The second-order valence-electron chi connectivity index (χ2n) is 5.18. The van der Waals surface area contributed by atoms with Gasteiger partial charge >= 0.3 is 5.97 Å². The molecule has 2 rings (SSSR count). The van der Waals surface area contributed by atoms with Gasteiger partial charge in [0.1, 0.15) is 0 Å². The Bertz CT molecular complexity index is 440. The van der Waals surface area contributed by atoms with Crippen LogP contribution in [-0.2, 0) is 4.74 Å². The van der Waals surface area contributed by atoms with Gasteiger partial charge in [0.25, 0.3) is 0 Å². The summed E-state index contributed by atoms with van der Waals surface area (Å²) in [5, 5.41) is 3.39. The fourth-order valence-corrected chi connectivity index (χ4v) is 2.61. The van der Waals surface area contributed by atoms with Crippen LogP contribution in [-0.4, -0.2) is 19.6 Å². The number of nitrogen functional groups attached to an aromatic ring is 1. The van der Waals surface area contributed by atoms with E-state index in [1.54, 1.807) is 12.1 Å². The van der Waals surface area contributed by atoms with Crippen molar-refractivity contribution in [2.24, 2.45) is 5.92 Å². The van der Waals surface area contributed by atoms with Crippen molar-refractivity contribution in [3.05, 3.63) is 23.8 Å². The summed E-state index contributed by atoms with van der Waals surface area (Å²) in [6, 6.07) is 5.25. The first-order valence-electron chi connectivity index (χ1n) is 6.92. The molecular formula is C15H22N2O2. The van der Waals surface area contributed by atoms with Gasteiger partial charge in [0.15, 0.2) is 0 Å². The SMILES string of the molecule is COC(=O)c1ccc(NCC2CCCCC2)c(N)c1. The number of rotatable bonds is 4. The smallest absolute Gasteiger partial charge is 0.337 e. The van der Waals surface area contributed by atoms with Gasteiger partial charge in [-0.15, -0.1) is 0 Å². The molecule has 1 saturated carbocycles. The Hall–Kier alpha value is -1.71. The van der Waals surface area contributed by atoms with Crippen LogP contribution in [0.3, 0.4) is 0 Å². The highest BCUT2D eigenvalue weighted by Crippen LogP contribution is 2.26. The molecule has 0 spiro atoms. The Kier molecular flexibility index (Phi) is 4.66. The molecule has 19 heavy (non-hydrogen) atoms. The zero-order valence-electron chi connectivity index (χ0n) is 11.4. The highest BCUT2D eigenvalue weighted by molar-refractivity contribution is 5.91. The topological polar surface area (TPSA) is 64.3 Å². The first-order valence-corrected chi connectivity index (χ1v) is 6.92. The van der Waals surface area contributed by atoms with E-state index >= 15 is 0 Å². The zero-order chi connectivity index (χ0) is 13.7. The van der Waals surface area contributed by atoms with E-state index in [1.165, 1.54) is 39.2 Å². The average molecular weight is 262 g/mol. The molecule has 0 atom stereocenters. The fraction of sp³-hybridized carbons (Fsp3) is 0.533. The minimum absolute atomic E-state index is 0.356. The van der Waals surface area contributed by atoms with E-state index in [0.29, 0.717) is 11.3 Å². The van der Waals surface area contributed by atoms with E-state index in [2.05, 4.69) is 10.1 Å². The van der Waals surface area contributed by atoms with Crippen molar-refractivity contribution < 1.29 is 9.53 Å². The minimum atomic E-state index is -0.356. The summed E-state index contributed by atoms with van der Waals surface area (Å²) in [6.07, 6.45) is 6.64.